The standard InChI is InChI=1S/C22H16BrNO2S2/c1-13-4-3-5-15(10-13)24-21(25)20(28-22(24)27)12-16-7-9-19(26-16)17-8-6-14(2)11-18(17)23/h3-12H,1-2H3/b20-12+. The first-order valence-electron chi connectivity index (χ1n) is 8.63. The summed E-state index contributed by atoms with van der Waals surface area (Å²) in [6.07, 6.45) is 1.75. The first-order valence-corrected chi connectivity index (χ1v) is 10.6. The smallest absolute Gasteiger partial charge is 0.270 e. The van der Waals surface area contributed by atoms with Crippen LogP contribution in [0.5, 0.6) is 0 Å². The minimum atomic E-state index is -0.130. The molecule has 140 valence electrons. The average Bonchev–Trinajstić information content (AvgIpc) is 3.20. The second kappa shape index (κ2) is 7.70. The quantitative estimate of drug-likeness (QED) is 0.314. The van der Waals surface area contributed by atoms with E-state index in [1.54, 1.807) is 11.0 Å². The molecule has 2 heterocycles. The monoisotopic (exact) mass is 469 g/mol. The maximum absolute atomic E-state index is 12.9. The van der Waals surface area contributed by atoms with Crippen molar-refractivity contribution < 1.29 is 9.21 Å². The van der Waals surface area contributed by atoms with Crippen molar-refractivity contribution in [2.75, 3.05) is 4.90 Å². The third-order valence-corrected chi connectivity index (χ3v) is 6.30. The Balaban J connectivity index is 1.62. The summed E-state index contributed by atoms with van der Waals surface area (Å²) in [5.41, 5.74) is 4.00. The van der Waals surface area contributed by atoms with Crippen LogP contribution >= 0.6 is 39.9 Å². The molecule has 0 unspecified atom stereocenters. The van der Waals surface area contributed by atoms with Gasteiger partial charge in [-0.2, -0.15) is 0 Å². The van der Waals surface area contributed by atoms with Crippen molar-refractivity contribution in [2.45, 2.75) is 13.8 Å². The largest absolute Gasteiger partial charge is 0.457 e. The second-order valence-corrected chi connectivity index (χ2v) is 9.07. The van der Waals surface area contributed by atoms with Crippen LogP contribution in [0.15, 0.2) is 68.4 Å². The molecular formula is C22H16BrNO2S2. The zero-order valence-electron chi connectivity index (χ0n) is 15.2. The molecule has 28 heavy (non-hydrogen) atoms. The molecule has 1 aliphatic heterocycles. The van der Waals surface area contributed by atoms with Crippen molar-refractivity contribution >= 4 is 61.9 Å². The number of halogens is 1. The Morgan fingerprint density at radius 3 is 2.61 bits per heavy atom. The van der Waals surface area contributed by atoms with E-state index >= 15 is 0 Å². The van der Waals surface area contributed by atoms with E-state index in [9.17, 15) is 4.79 Å². The molecule has 1 aromatic heterocycles. The zero-order chi connectivity index (χ0) is 19.8. The van der Waals surface area contributed by atoms with Crippen LogP contribution in [0.4, 0.5) is 5.69 Å². The normalized spacial score (nSPS) is 15.7. The van der Waals surface area contributed by atoms with Crippen LogP contribution in [0, 0.1) is 13.8 Å². The number of thiocarbonyl (C=S) groups is 1. The van der Waals surface area contributed by atoms with Crippen LogP contribution in [0.25, 0.3) is 17.4 Å². The maximum atomic E-state index is 12.9. The highest BCUT2D eigenvalue weighted by molar-refractivity contribution is 9.10. The van der Waals surface area contributed by atoms with Gasteiger partial charge in [0.25, 0.3) is 5.91 Å². The summed E-state index contributed by atoms with van der Waals surface area (Å²) in [6.45, 7) is 4.03. The predicted molar refractivity (Wildman–Crippen MR) is 123 cm³/mol. The fourth-order valence-electron chi connectivity index (χ4n) is 2.98. The third kappa shape index (κ3) is 3.72. The first-order chi connectivity index (χ1) is 13.4. The number of hydrogen-bond donors (Lipinski definition) is 0. The molecule has 2 aromatic carbocycles. The van der Waals surface area contributed by atoms with E-state index in [4.69, 9.17) is 16.6 Å². The minimum absolute atomic E-state index is 0.130. The fraction of sp³-hybridized carbons (Fsp3) is 0.0909. The maximum Gasteiger partial charge on any atom is 0.270 e. The average molecular weight is 470 g/mol. The summed E-state index contributed by atoms with van der Waals surface area (Å²) in [4.78, 5) is 15.0. The summed E-state index contributed by atoms with van der Waals surface area (Å²) < 4.78 is 7.46. The molecule has 0 radical (unpaired) electrons. The molecule has 0 aliphatic carbocycles. The molecule has 0 spiro atoms. The Labute approximate surface area is 181 Å². The highest BCUT2D eigenvalue weighted by Gasteiger charge is 2.33. The van der Waals surface area contributed by atoms with Crippen LogP contribution < -0.4 is 4.90 Å². The SMILES string of the molecule is Cc1cccc(N2C(=O)/C(=C\c3ccc(-c4ccc(C)cc4Br)o3)SC2=S)c1. The van der Waals surface area contributed by atoms with Gasteiger partial charge in [0.15, 0.2) is 4.32 Å². The fourth-order valence-corrected chi connectivity index (χ4v) is 4.95. The molecule has 0 N–H and O–H groups in total. The van der Waals surface area contributed by atoms with Gasteiger partial charge < -0.3 is 4.42 Å². The molecule has 4 rings (SSSR count). The first kappa shape index (κ1) is 19.2. The van der Waals surface area contributed by atoms with Crippen LogP contribution in [-0.4, -0.2) is 10.2 Å². The number of benzene rings is 2. The van der Waals surface area contributed by atoms with Gasteiger partial charge in [-0.25, -0.2) is 0 Å². The van der Waals surface area contributed by atoms with Gasteiger partial charge in [0.1, 0.15) is 11.5 Å². The number of anilines is 1. The van der Waals surface area contributed by atoms with Gasteiger partial charge in [-0.05, 0) is 61.4 Å². The predicted octanol–water partition coefficient (Wildman–Crippen LogP) is 6.73. The molecule has 0 bridgehead atoms. The van der Waals surface area contributed by atoms with Crippen molar-refractivity contribution in [3.63, 3.8) is 0 Å². The van der Waals surface area contributed by atoms with E-state index in [0.717, 1.165) is 27.0 Å². The van der Waals surface area contributed by atoms with Crippen molar-refractivity contribution in [2.24, 2.45) is 0 Å². The Bertz CT molecular complexity index is 1130. The number of carbonyl (C=O) groups is 1. The lowest BCUT2D eigenvalue weighted by atomic mass is 10.1. The van der Waals surface area contributed by atoms with Crippen LogP contribution in [0.3, 0.4) is 0 Å². The number of rotatable bonds is 3. The Morgan fingerprint density at radius 2 is 1.86 bits per heavy atom. The summed E-state index contributed by atoms with van der Waals surface area (Å²) in [6, 6.07) is 17.6. The number of aryl methyl sites for hydroxylation is 2. The molecule has 1 amide bonds. The molecule has 1 saturated heterocycles. The van der Waals surface area contributed by atoms with Crippen LogP contribution in [0.2, 0.25) is 0 Å². The molecule has 1 fully saturated rings. The van der Waals surface area contributed by atoms with Crippen LogP contribution in [-0.2, 0) is 4.79 Å². The van der Waals surface area contributed by atoms with E-state index in [1.807, 2.05) is 68.4 Å². The summed E-state index contributed by atoms with van der Waals surface area (Å²) in [5.74, 6) is 1.23. The number of amides is 1. The Hall–Kier alpha value is -2.15. The van der Waals surface area contributed by atoms with Gasteiger partial charge in [-0.3, -0.25) is 9.69 Å². The second-order valence-electron chi connectivity index (χ2n) is 6.54. The lowest BCUT2D eigenvalue weighted by Gasteiger charge is -2.14. The molecule has 1 aliphatic rings. The van der Waals surface area contributed by atoms with Gasteiger partial charge in [-0.15, -0.1) is 0 Å². The highest BCUT2D eigenvalue weighted by atomic mass is 79.9. The third-order valence-electron chi connectivity index (χ3n) is 4.34. The molecule has 0 saturated carbocycles. The lowest BCUT2D eigenvalue weighted by molar-refractivity contribution is -0.113. The Kier molecular flexibility index (Phi) is 5.27. The molecule has 3 nitrogen and oxygen atoms in total. The van der Waals surface area contributed by atoms with Crippen molar-refractivity contribution in [1.82, 2.24) is 0 Å². The van der Waals surface area contributed by atoms with Gasteiger partial charge in [0, 0.05) is 16.1 Å². The van der Waals surface area contributed by atoms with E-state index < -0.39 is 0 Å². The zero-order valence-corrected chi connectivity index (χ0v) is 18.5. The Morgan fingerprint density at radius 1 is 1.07 bits per heavy atom. The number of carbonyl (C=O) groups excluding carboxylic acids is 1. The highest BCUT2D eigenvalue weighted by Crippen LogP contribution is 2.37. The van der Waals surface area contributed by atoms with Crippen molar-refractivity contribution in [3.05, 3.63) is 80.9 Å². The van der Waals surface area contributed by atoms with Gasteiger partial charge in [-0.1, -0.05) is 58.1 Å². The molecule has 6 heteroatoms. The number of hydrogen-bond acceptors (Lipinski definition) is 4. The number of furan rings is 1. The van der Waals surface area contributed by atoms with E-state index in [2.05, 4.69) is 15.9 Å². The lowest BCUT2D eigenvalue weighted by Crippen LogP contribution is -2.27. The van der Waals surface area contributed by atoms with E-state index in [0.29, 0.717) is 15.0 Å². The summed E-state index contributed by atoms with van der Waals surface area (Å²) in [7, 11) is 0. The van der Waals surface area contributed by atoms with Crippen molar-refractivity contribution in [3.8, 4) is 11.3 Å². The van der Waals surface area contributed by atoms with Gasteiger partial charge >= 0.3 is 0 Å². The van der Waals surface area contributed by atoms with Gasteiger partial charge in [0.2, 0.25) is 0 Å². The van der Waals surface area contributed by atoms with Gasteiger partial charge in [0.05, 0.1) is 10.6 Å². The topological polar surface area (TPSA) is 33.5 Å². The van der Waals surface area contributed by atoms with Crippen molar-refractivity contribution in [1.29, 1.82) is 0 Å². The van der Waals surface area contributed by atoms with E-state index in [-0.39, 0.29) is 5.91 Å². The summed E-state index contributed by atoms with van der Waals surface area (Å²) in [5, 5.41) is 0. The van der Waals surface area contributed by atoms with Crippen LogP contribution in [0.1, 0.15) is 16.9 Å². The number of nitrogens with zero attached hydrogens (tertiary/aromatic N) is 1. The van der Waals surface area contributed by atoms with E-state index in [1.165, 1.54) is 17.3 Å². The number of thioether (sulfide) groups is 1. The molecule has 3 aromatic rings. The molecular weight excluding hydrogens is 454 g/mol. The minimum Gasteiger partial charge on any atom is -0.457 e. The summed E-state index contributed by atoms with van der Waals surface area (Å²) >= 11 is 10.3. The molecule has 0 atom stereocenters.